The molecule has 0 saturated carbocycles. The molecule has 0 fully saturated rings. The van der Waals surface area contributed by atoms with E-state index in [9.17, 15) is 14.7 Å². The molecule has 37 heavy (non-hydrogen) atoms. The van der Waals surface area contributed by atoms with Crippen LogP contribution in [0.25, 0.3) is 10.9 Å². The second-order valence-corrected chi connectivity index (χ2v) is 10.0. The second kappa shape index (κ2) is 11.6. The van der Waals surface area contributed by atoms with Crippen molar-refractivity contribution in [3.63, 3.8) is 0 Å². The first-order valence-corrected chi connectivity index (χ1v) is 13.1. The lowest BCUT2D eigenvalue weighted by Gasteiger charge is -2.25. The fourth-order valence-electron chi connectivity index (χ4n) is 5.17. The van der Waals surface area contributed by atoms with E-state index in [0.717, 1.165) is 23.2 Å². The maximum Gasteiger partial charge on any atom is 0.255 e. The molecule has 3 N–H and O–H groups in total. The van der Waals surface area contributed by atoms with Gasteiger partial charge in [-0.05, 0) is 54.5 Å². The summed E-state index contributed by atoms with van der Waals surface area (Å²) in [5.74, 6) is -0.251. The van der Waals surface area contributed by atoms with Crippen LogP contribution < -0.4 is 5.32 Å². The Morgan fingerprint density at radius 1 is 1.19 bits per heavy atom. The van der Waals surface area contributed by atoms with Crippen molar-refractivity contribution in [1.29, 1.82) is 0 Å². The number of allylic oxidation sites excluding steroid dienone is 2. The van der Waals surface area contributed by atoms with Gasteiger partial charge in [-0.1, -0.05) is 62.9 Å². The van der Waals surface area contributed by atoms with Crippen molar-refractivity contribution < 1.29 is 14.7 Å². The average Bonchev–Trinajstić information content (AvgIpc) is 3.46. The zero-order valence-electron chi connectivity index (χ0n) is 22.0. The number of fused-ring (bicyclic) bond motifs is 2. The van der Waals surface area contributed by atoms with Gasteiger partial charge in [0.05, 0.1) is 12.1 Å². The van der Waals surface area contributed by atoms with E-state index in [-0.39, 0.29) is 24.0 Å². The molecule has 3 aromatic rings. The Bertz CT molecular complexity index is 1320. The Kier molecular flexibility index (Phi) is 8.29. The molecule has 0 aliphatic carbocycles. The van der Waals surface area contributed by atoms with E-state index in [1.807, 2.05) is 36.5 Å². The number of ketones is 1. The van der Waals surface area contributed by atoms with Crippen molar-refractivity contribution >= 4 is 22.6 Å². The van der Waals surface area contributed by atoms with Crippen LogP contribution >= 0.6 is 0 Å². The molecule has 0 unspecified atom stereocenters. The molecule has 0 radical (unpaired) electrons. The number of aliphatic hydroxyl groups is 1. The van der Waals surface area contributed by atoms with Gasteiger partial charge in [0, 0.05) is 47.9 Å². The molecule has 4 rings (SSSR count). The molecule has 0 spiro atoms. The zero-order chi connectivity index (χ0) is 26.5. The van der Waals surface area contributed by atoms with Gasteiger partial charge in [-0.3, -0.25) is 9.59 Å². The number of aliphatic hydroxyl groups excluding tert-OH is 1. The Morgan fingerprint density at radius 3 is 2.68 bits per heavy atom. The molecule has 3 atom stereocenters. The molecule has 0 bridgehead atoms. The highest BCUT2D eigenvalue weighted by molar-refractivity contribution is 6.05. The number of carbonyl (C=O) groups excluding carboxylic acids is 2. The number of carbonyl (C=O) groups is 2. The normalized spacial score (nSPS) is 15.9. The summed E-state index contributed by atoms with van der Waals surface area (Å²) in [6.07, 6.45) is 5.05. The summed E-state index contributed by atoms with van der Waals surface area (Å²) < 4.78 is 0. The molecule has 2 aromatic carbocycles. The molecule has 6 nitrogen and oxygen atoms in total. The van der Waals surface area contributed by atoms with Gasteiger partial charge >= 0.3 is 0 Å². The highest BCUT2D eigenvalue weighted by atomic mass is 16.3. The number of aromatic nitrogens is 1. The molecule has 194 valence electrons. The van der Waals surface area contributed by atoms with Crippen molar-refractivity contribution in [3.05, 3.63) is 95.3 Å². The van der Waals surface area contributed by atoms with Crippen molar-refractivity contribution in [2.75, 3.05) is 0 Å². The first-order chi connectivity index (χ1) is 17.8. The van der Waals surface area contributed by atoms with Gasteiger partial charge in [-0.25, -0.2) is 0 Å². The first kappa shape index (κ1) is 26.4. The van der Waals surface area contributed by atoms with Crippen molar-refractivity contribution in [2.45, 2.75) is 65.3 Å². The van der Waals surface area contributed by atoms with Crippen LogP contribution in [0.1, 0.15) is 61.5 Å². The Labute approximate surface area is 219 Å². The minimum Gasteiger partial charge on any atom is -0.393 e. The predicted octanol–water partition coefficient (Wildman–Crippen LogP) is 5.50. The van der Waals surface area contributed by atoms with Crippen LogP contribution in [0.5, 0.6) is 0 Å². The second-order valence-electron chi connectivity index (χ2n) is 10.0. The third-order valence-electron chi connectivity index (χ3n) is 7.27. The summed E-state index contributed by atoms with van der Waals surface area (Å²) in [5.41, 5.74) is 5.32. The smallest absolute Gasteiger partial charge is 0.255 e. The van der Waals surface area contributed by atoms with Crippen LogP contribution in [0, 0.1) is 5.92 Å². The highest BCUT2D eigenvalue weighted by Crippen LogP contribution is 2.27. The fourth-order valence-corrected chi connectivity index (χ4v) is 5.17. The van der Waals surface area contributed by atoms with E-state index >= 15 is 0 Å². The minimum absolute atomic E-state index is 0.0788. The van der Waals surface area contributed by atoms with E-state index in [2.05, 4.69) is 48.9 Å². The summed E-state index contributed by atoms with van der Waals surface area (Å²) in [7, 11) is 0. The molecular formula is C31H37N3O3. The lowest BCUT2D eigenvalue weighted by Crippen LogP contribution is -2.40. The maximum atomic E-state index is 13.1. The number of benzene rings is 2. The zero-order valence-corrected chi connectivity index (χ0v) is 22.0. The van der Waals surface area contributed by atoms with Crippen LogP contribution in [0.15, 0.2) is 78.7 Å². The number of nitrogens with zero attached hydrogens (tertiary/aromatic N) is 1. The third-order valence-corrected chi connectivity index (χ3v) is 7.27. The number of nitrogens with one attached hydrogen (secondary N) is 2. The van der Waals surface area contributed by atoms with Crippen LogP contribution in [-0.4, -0.2) is 38.8 Å². The molecule has 2 heterocycles. The van der Waals surface area contributed by atoms with Crippen molar-refractivity contribution in [2.24, 2.45) is 5.92 Å². The van der Waals surface area contributed by atoms with E-state index < -0.39 is 12.1 Å². The van der Waals surface area contributed by atoms with Gasteiger partial charge in [-0.2, -0.15) is 0 Å². The summed E-state index contributed by atoms with van der Waals surface area (Å²) in [6.45, 7) is 11.0. The molecule has 1 aliphatic heterocycles. The number of Topliss-reactive ketones (excluding diaryl/α,β-unsaturated/α-hetero) is 1. The summed E-state index contributed by atoms with van der Waals surface area (Å²) in [4.78, 5) is 30.8. The standard InChI is InChI=1S/C31H37N3O3/c1-5-10-28(32-17-24-18-33-29-14-9-8-12-26(24)29)20(2)15-25(35)16-21(3)30(36)22(4)34-19-23-11-6-7-13-27(23)31(34)37/h6-14,18,20,22,25,32-33,35H,3,5,15-17,19H2,1-2,4H3/t20-,22-,25+/m0/s1. The maximum absolute atomic E-state index is 13.1. The topological polar surface area (TPSA) is 85.4 Å². The monoisotopic (exact) mass is 499 g/mol. The number of amides is 1. The Morgan fingerprint density at radius 2 is 1.92 bits per heavy atom. The van der Waals surface area contributed by atoms with E-state index in [1.165, 1.54) is 10.9 Å². The summed E-state index contributed by atoms with van der Waals surface area (Å²) >= 11 is 0. The summed E-state index contributed by atoms with van der Waals surface area (Å²) in [6, 6.07) is 15.0. The largest absolute Gasteiger partial charge is 0.393 e. The quantitative estimate of drug-likeness (QED) is 0.287. The van der Waals surface area contributed by atoms with E-state index in [1.54, 1.807) is 17.9 Å². The number of H-pyrrole nitrogens is 1. The summed E-state index contributed by atoms with van der Waals surface area (Å²) in [5, 5.41) is 15.6. The van der Waals surface area contributed by atoms with Gasteiger partial charge in [0.25, 0.3) is 5.91 Å². The molecule has 6 heteroatoms. The molecule has 0 saturated heterocycles. The van der Waals surface area contributed by atoms with Gasteiger partial charge in [-0.15, -0.1) is 0 Å². The van der Waals surface area contributed by atoms with Gasteiger partial charge < -0.3 is 20.3 Å². The van der Waals surface area contributed by atoms with E-state index in [0.29, 0.717) is 30.6 Å². The van der Waals surface area contributed by atoms with Gasteiger partial charge in [0.2, 0.25) is 0 Å². The number of hydrogen-bond donors (Lipinski definition) is 3. The first-order valence-electron chi connectivity index (χ1n) is 13.1. The molecule has 1 aliphatic rings. The van der Waals surface area contributed by atoms with E-state index in [4.69, 9.17) is 0 Å². The predicted molar refractivity (Wildman–Crippen MR) is 148 cm³/mol. The van der Waals surface area contributed by atoms with Crippen LogP contribution in [0.3, 0.4) is 0 Å². The lowest BCUT2D eigenvalue weighted by atomic mass is 9.93. The van der Waals surface area contributed by atoms with Crippen LogP contribution in [-0.2, 0) is 17.9 Å². The molecular weight excluding hydrogens is 462 g/mol. The fraction of sp³-hybridized carbons (Fsp3) is 0.355. The molecule has 1 aromatic heterocycles. The Balaban J connectivity index is 1.31. The number of hydrogen-bond acceptors (Lipinski definition) is 4. The SMILES string of the molecule is C=C(C[C@H](O)C[C@H](C)C(=CCC)NCc1c[nH]c2ccccc12)C(=O)[C@H](C)N1Cc2ccccc2C1=O. The number of para-hydroxylation sites is 1. The third kappa shape index (κ3) is 5.86. The van der Waals surface area contributed by atoms with Crippen LogP contribution in [0.4, 0.5) is 0 Å². The number of rotatable bonds is 12. The molecule has 1 amide bonds. The Hall–Kier alpha value is -3.64. The van der Waals surface area contributed by atoms with Crippen molar-refractivity contribution in [3.8, 4) is 0 Å². The average molecular weight is 500 g/mol. The highest BCUT2D eigenvalue weighted by Gasteiger charge is 2.34. The van der Waals surface area contributed by atoms with Gasteiger partial charge in [0.15, 0.2) is 5.78 Å². The van der Waals surface area contributed by atoms with Crippen LogP contribution in [0.2, 0.25) is 0 Å². The van der Waals surface area contributed by atoms with Gasteiger partial charge in [0.1, 0.15) is 0 Å². The minimum atomic E-state index is -0.708. The number of aromatic amines is 1. The van der Waals surface area contributed by atoms with Crippen molar-refractivity contribution in [1.82, 2.24) is 15.2 Å². The lowest BCUT2D eigenvalue weighted by molar-refractivity contribution is -0.119.